The Labute approximate surface area is 178 Å². The number of nitrogens with one attached hydrogen (secondary N) is 1. The van der Waals surface area contributed by atoms with Crippen LogP contribution < -0.4 is 10.9 Å². The van der Waals surface area contributed by atoms with Crippen LogP contribution in [0.1, 0.15) is 17.3 Å². The van der Waals surface area contributed by atoms with Crippen LogP contribution in [-0.4, -0.2) is 15.7 Å². The molecule has 0 aliphatic heterocycles. The number of hydrogen-bond donors (Lipinski definition) is 1. The van der Waals surface area contributed by atoms with Gasteiger partial charge in [0.2, 0.25) is 0 Å². The molecule has 31 heavy (non-hydrogen) atoms. The maximum Gasteiger partial charge on any atom is 0.280 e. The van der Waals surface area contributed by atoms with Crippen molar-refractivity contribution in [1.29, 1.82) is 0 Å². The summed E-state index contributed by atoms with van der Waals surface area (Å²) < 4.78 is 15.4. The summed E-state index contributed by atoms with van der Waals surface area (Å²) in [4.78, 5) is 26.6. The summed E-state index contributed by atoms with van der Waals surface area (Å²) >= 11 is 0. The van der Waals surface area contributed by atoms with Crippen molar-refractivity contribution in [3.05, 3.63) is 107 Å². The number of para-hydroxylation sites is 1. The van der Waals surface area contributed by atoms with E-state index >= 15 is 0 Å². The van der Waals surface area contributed by atoms with Crippen molar-refractivity contribution in [2.24, 2.45) is 0 Å². The monoisotopic (exact) mass is 413 g/mol. The molecular formula is C25H20FN3O2. The molecule has 0 aliphatic rings. The zero-order valence-corrected chi connectivity index (χ0v) is 16.9. The molecule has 1 aromatic heterocycles. The first-order chi connectivity index (χ1) is 15.1. The maximum absolute atomic E-state index is 14.2. The van der Waals surface area contributed by atoms with E-state index in [-0.39, 0.29) is 17.8 Å². The smallest absolute Gasteiger partial charge is 0.280 e. The van der Waals surface area contributed by atoms with Crippen LogP contribution in [-0.2, 0) is 6.54 Å². The van der Waals surface area contributed by atoms with E-state index < -0.39 is 17.3 Å². The van der Waals surface area contributed by atoms with Crippen molar-refractivity contribution in [1.82, 2.24) is 9.78 Å². The van der Waals surface area contributed by atoms with Gasteiger partial charge in [0, 0.05) is 17.7 Å². The number of amides is 1. The molecule has 4 aromatic rings. The summed E-state index contributed by atoms with van der Waals surface area (Å²) in [6, 6.07) is 24.4. The lowest BCUT2D eigenvalue weighted by Crippen LogP contribution is -2.32. The first-order valence-electron chi connectivity index (χ1n) is 9.92. The van der Waals surface area contributed by atoms with Crippen LogP contribution in [0.3, 0.4) is 0 Å². The Balaban J connectivity index is 2.00. The fourth-order valence-corrected chi connectivity index (χ4v) is 3.43. The van der Waals surface area contributed by atoms with E-state index in [1.165, 1.54) is 22.9 Å². The summed E-state index contributed by atoms with van der Waals surface area (Å²) in [5, 5.41) is 7.11. The zero-order valence-electron chi connectivity index (χ0n) is 16.9. The van der Waals surface area contributed by atoms with Crippen LogP contribution >= 0.6 is 0 Å². The number of aromatic nitrogens is 2. The quantitative estimate of drug-likeness (QED) is 0.501. The van der Waals surface area contributed by atoms with Gasteiger partial charge in [-0.2, -0.15) is 5.10 Å². The molecule has 4 rings (SSSR count). The van der Waals surface area contributed by atoms with Crippen LogP contribution in [0.2, 0.25) is 0 Å². The second kappa shape index (κ2) is 8.75. The third-order valence-electron chi connectivity index (χ3n) is 4.91. The zero-order chi connectivity index (χ0) is 21.8. The van der Waals surface area contributed by atoms with E-state index in [0.29, 0.717) is 16.8 Å². The van der Waals surface area contributed by atoms with Crippen LogP contribution in [0.4, 0.5) is 10.1 Å². The summed E-state index contributed by atoms with van der Waals surface area (Å²) in [5.74, 6) is -1.26. The Morgan fingerprint density at radius 3 is 2.10 bits per heavy atom. The van der Waals surface area contributed by atoms with Crippen molar-refractivity contribution in [2.45, 2.75) is 13.5 Å². The third-order valence-corrected chi connectivity index (χ3v) is 4.91. The van der Waals surface area contributed by atoms with Gasteiger partial charge in [0.15, 0.2) is 0 Å². The van der Waals surface area contributed by atoms with Gasteiger partial charge < -0.3 is 5.32 Å². The average Bonchev–Trinajstić information content (AvgIpc) is 2.81. The highest BCUT2D eigenvalue weighted by Crippen LogP contribution is 2.32. The molecule has 0 fully saturated rings. The van der Waals surface area contributed by atoms with Crippen LogP contribution in [0, 0.1) is 5.82 Å². The van der Waals surface area contributed by atoms with Gasteiger partial charge >= 0.3 is 0 Å². The minimum absolute atomic E-state index is 0.00651. The lowest BCUT2D eigenvalue weighted by molar-refractivity contribution is 0.102. The standard InChI is InChI=1S/C25H20FN3O2/c1-2-29-25(31)22(24(30)27-20-16-10-9-15-19(20)26)21(17-11-5-3-6-12-17)23(28-29)18-13-7-4-8-14-18/h3-16H,2H2,1H3,(H,27,30). The van der Waals surface area contributed by atoms with Gasteiger partial charge in [0.1, 0.15) is 11.4 Å². The van der Waals surface area contributed by atoms with E-state index in [4.69, 9.17) is 0 Å². The molecule has 6 heteroatoms. The summed E-state index contributed by atoms with van der Waals surface area (Å²) in [7, 11) is 0. The van der Waals surface area contributed by atoms with Gasteiger partial charge in [0.05, 0.1) is 11.4 Å². The molecule has 0 saturated carbocycles. The molecule has 0 atom stereocenters. The molecular weight excluding hydrogens is 393 g/mol. The molecule has 0 bridgehead atoms. The van der Waals surface area contributed by atoms with Crippen molar-refractivity contribution >= 4 is 11.6 Å². The molecule has 1 N–H and O–H groups in total. The SMILES string of the molecule is CCn1nc(-c2ccccc2)c(-c2ccccc2)c(C(=O)Nc2ccccc2F)c1=O. The van der Waals surface area contributed by atoms with Crippen LogP contribution in [0.25, 0.3) is 22.4 Å². The van der Waals surface area contributed by atoms with E-state index in [9.17, 15) is 14.0 Å². The fraction of sp³-hybridized carbons (Fsp3) is 0.0800. The molecule has 1 heterocycles. The number of halogens is 1. The topological polar surface area (TPSA) is 64.0 Å². The highest BCUT2D eigenvalue weighted by Gasteiger charge is 2.25. The predicted octanol–water partition coefficient (Wildman–Crippen LogP) is 4.99. The predicted molar refractivity (Wildman–Crippen MR) is 119 cm³/mol. The Bertz CT molecular complexity index is 1290. The fourth-order valence-electron chi connectivity index (χ4n) is 3.43. The summed E-state index contributed by atoms with van der Waals surface area (Å²) in [6.07, 6.45) is 0. The second-order valence-corrected chi connectivity index (χ2v) is 6.89. The lowest BCUT2D eigenvalue weighted by Gasteiger charge is -2.17. The number of aryl methyl sites for hydroxylation is 1. The number of carbonyl (C=O) groups is 1. The number of carbonyl (C=O) groups excluding carboxylic acids is 1. The van der Waals surface area contributed by atoms with E-state index in [2.05, 4.69) is 10.4 Å². The molecule has 5 nitrogen and oxygen atoms in total. The van der Waals surface area contributed by atoms with Gasteiger partial charge in [-0.25, -0.2) is 9.07 Å². The Hall–Kier alpha value is -4.06. The first-order valence-corrected chi connectivity index (χ1v) is 9.92. The van der Waals surface area contributed by atoms with E-state index in [0.717, 1.165) is 5.56 Å². The highest BCUT2D eigenvalue weighted by molar-refractivity contribution is 6.10. The molecule has 3 aromatic carbocycles. The van der Waals surface area contributed by atoms with E-state index in [1.54, 1.807) is 13.0 Å². The largest absolute Gasteiger partial charge is 0.319 e. The van der Waals surface area contributed by atoms with Gasteiger partial charge in [-0.1, -0.05) is 72.8 Å². The van der Waals surface area contributed by atoms with Crippen molar-refractivity contribution in [2.75, 3.05) is 5.32 Å². The van der Waals surface area contributed by atoms with Gasteiger partial charge in [0.25, 0.3) is 11.5 Å². The minimum atomic E-state index is -0.685. The van der Waals surface area contributed by atoms with Crippen LogP contribution in [0.15, 0.2) is 89.7 Å². The normalized spacial score (nSPS) is 10.6. The van der Waals surface area contributed by atoms with Crippen molar-refractivity contribution in [3.63, 3.8) is 0 Å². The number of anilines is 1. The first kappa shape index (κ1) is 20.2. The van der Waals surface area contributed by atoms with E-state index in [1.807, 2.05) is 60.7 Å². The number of nitrogens with zero attached hydrogens (tertiary/aromatic N) is 2. The van der Waals surface area contributed by atoms with Gasteiger partial charge in [-0.3, -0.25) is 9.59 Å². The molecule has 0 spiro atoms. The number of rotatable bonds is 5. The molecule has 1 amide bonds. The minimum Gasteiger partial charge on any atom is -0.319 e. The van der Waals surface area contributed by atoms with Gasteiger partial charge in [-0.05, 0) is 24.6 Å². The Morgan fingerprint density at radius 2 is 1.48 bits per heavy atom. The maximum atomic E-state index is 14.2. The van der Waals surface area contributed by atoms with Gasteiger partial charge in [-0.15, -0.1) is 0 Å². The molecule has 0 radical (unpaired) electrons. The molecule has 0 saturated heterocycles. The van der Waals surface area contributed by atoms with Crippen molar-refractivity contribution < 1.29 is 9.18 Å². The molecule has 0 aliphatic carbocycles. The Morgan fingerprint density at radius 1 is 0.903 bits per heavy atom. The average molecular weight is 413 g/mol. The molecule has 154 valence electrons. The molecule has 0 unspecified atom stereocenters. The number of hydrogen-bond acceptors (Lipinski definition) is 3. The highest BCUT2D eigenvalue weighted by atomic mass is 19.1. The lowest BCUT2D eigenvalue weighted by atomic mass is 9.95. The second-order valence-electron chi connectivity index (χ2n) is 6.89. The summed E-state index contributed by atoms with van der Waals surface area (Å²) in [5.41, 5.74) is 1.76. The summed E-state index contributed by atoms with van der Waals surface area (Å²) in [6.45, 7) is 2.07. The number of benzene rings is 3. The Kier molecular flexibility index (Phi) is 5.71. The van der Waals surface area contributed by atoms with Crippen LogP contribution in [0.5, 0.6) is 0 Å². The van der Waals surface area contributed by atoms with Crippen molar-refractivity contribution in [3.8, 4) is 22.4 Å². The third kappa shape index (κ3) is 4.00.